The van der Waals surface area contributed by atoms with Gasteiger partial charge in [-0.1, -0.05) is 13.3 Å². The van der Waals surface area contributed by atoms with Crippen LogP contribution in [0, 0.1) is 4.91 Å². The van der Waals surface area contributed by atoms with Crippen LogP contribution >= 0.6 is 0 Å². The predicted molar refractivity (Wildman–Crippen MR) is 77.8 cm³/mol. The number of hydrogen-bond acceptors (Lipinski definition) is 6. The quantitative estimate of drug-likeness (QED) is 0.481. The molecule has 0 bridgehead atoms. The van der Waals surface area contributed by atoms with Crippen molar-refractivity contribution in [2.45, 2.75) is 26.2 Å². The lowest BCUT2D eigenvalue weighted by Crippen LogP contribution is -2.19. The summed E-state index contributed by atoms with van der Waals surface area (Å²) in [6.07, 6.45) is 3.34. The Bertz CT molecular complexity index is 599. The summed E-state index contributed by atoms with van der Waals surface area (Å²) in [6.45, 7) is 4.91. The van der Waals surface area contributed by atoms with Crippen LogP contribution in [-0.2, 0) is 0 Å². The van der Waals surface area contributed by atoms with Crippen LogP contribution in [0.5, 0.6) is 0 Å². The number of benzene rings is 1. The number of fused-ring (bicyclic) bond motifs is 1. The highest BCUT2D eigenvalue weighted by atomic mass is 16.6. The van der Waals surface area contributed by atoms with E-state index in [1.54, 1.807) is 6.07 Å². The van der Waals surface area contributed by atoms with E-state index in [2.05, 4.69) is 32.5 Å². The van der Waals surface area contributed by atoms with Crippen molar-refractivity contribution in [2.75, 3.05) is 25.0 Å². The highest BCUT2D eigenvalue weighted by Crippen LogP contribution is 2.28. The minimum atomic E-state index is -0.242. The zero-order valence-electron chi connectivity index (χ0n) is 12.0. The van der Waals surface area contributed by atoms with Crippen molar-refractivity contribution in [1.82, 2.24) is 15.6 Å². The fourth-order valence-corrected chi connectivity index (χ4v) is 2.01. The highest BCUT2D eigenvalue weighted by Gasteiger charge is 2.23. The molecule has 1 aromatic heterocycles. The molecule has 0 spiro atoms. The lowest BCUT2D eigenvalue weighted by atomic mass is 10.2. The van der Waals surface area contributed by atoms with Gasteiger partial charge < -0.3 is 10.6 Å². The van der Waals surface area contributed by atoms with Crippen molar-refractivity contribution in [3.05, 3.63) is 17.0 Å². The molecule has 2 rings (SSSR count). The summed E-state index contributed by atoms with van der Waals surface area (Å²) in [5.74, 6) is 0. The van der Waals surface area contributed by atoms with E-state index >= 15 is 0 Å². The summed E-state index contributed by atoms with van der Waals surface area (Å²) in [7, 11) is 0. The summed E-state index contributed by atoms with van der Waals surface area (Å²) in [5.41, 5.74) is 1.41. The summed E-state index contributed by atoms with van der Waals surface area (Å²) >= 11 is 0. The predicted octanol–water partition coefficient (Wildman–Crippen LogP) is 2.21. The van der Waals surface area contributed by atoms with Gasteiger partial charge in [0.1, 0.15) is 0 Å². The van der Waals surface area contributed by atoms with Crippen molar-refractivity contribution in [3.63, 3.8) is 0 Å². The Morgan fingerprint density at radius 3 is 2.71 bits per heavy atom. The SMILES string of the molecule is CCCCNCCCNc1ccc([N+](=O)O)c2nonc12. The second kappa shape index (κ2) is 7.53. The van der Waals surface area contributed by atoms with Crippen LogP contribution in [-0.4, -0.2) is 40.1 Å². The number of nitrogens with zero attached hydrogens (tertiary/aromatic N) is 3. The highest BCUT2D eigenvalue weighted by molar-refractivity contribution is 5.93. The van der Waals surface area contributed by atoms with Crippen LogP contribution in [0.3, 0.4) is 0 Å². The van der Waals surface area contributed by atoms with Crippen molar-refractivity contribution < 1.29 is 14.8 Å². The summed E-state index contributed by atoms with van der Waals surface area (Å²) < 4.78 is 4.64. The molecule has 0 unspecified atom stereocenters. The maximum absolute atomic E-state index is 11.0. The van der Waals surface area contributed by atoms with Gasteiger partial charge in [0.05, 0.1) is 10.6 Å². The number of hydrogen-bond donors (Lipinski definition) is 3. The third kappa shape index (κ3) is 3.88. The van der Waals surface area contributed by atoms with Crippen LogP contribution in [0.1, 0.15) is 26.2 Å². The Morgan fingerprint density at radius 1 is 1.19 bits per heavy atom. The van der Waals surface area contributed by atoms with Crippen LogP contribution in [0.25, 0.3) is 11.0 Å². The largest absolute Gasteiger partial charge is 0.383 e. The van der Waals surface area contributed by atoms with E-state index in [-0.39, 0.29) is 16.1 Å². The van der Waals surface area contributed by atoms with Gasteiger partial charge in [0.15, 0.2) is 5.52 Å². The lowest BCUT2D eigenvalue weighted by Gasteiger charge is -2.07. The minimum Gasteiger partial charge on any atom is -0.383 e. The standard InChI is InChI=1S/C13H20N5O3/c1-2-3-7-14-8-4-9-15-10-5-6-11(18(19)20)13-12(10)16-21-17-13/h5-6,14-15H,2-4,7-9H2,1H3,(H,19,20)/q+1. The van der Waals surface area contributed by atoms with Gasteiger partial charge in [0.2, 0.25) is 5.52 Å². The van der Waals surface area contributed by atoms with Gasteiger partial charge in [-0.05, 0) is 42.3 Å². The first-order valence-electron chi connectivity index (χ1n) is 7.10. The minimum absolute atomic E-state index is 0.0121. The fourth-order valence-electron chi connectivity index (χ4n) is 2.01. The normalized spacial score (nSPS) is 10.9. The third-order valence-electron chi connectivity index (χ3n) is 3.15. The average Bonchev–Trinajstić information content (AvgIpc) is 2.95. The van der Waals surface area contributed by atoms with Crippen LogP contribution in [0.4, 0.5) is 11.4 Å². The average molecular weight is 294 g/mol. The van der Waals surface area contributed by atoms with E-state index in [0.717, 1.165) is 31.7 Å². The topological polar surface area (TPSA) is 103 Å². The molecule has 0 aliphatic rings. The maximum Gasteiger partial charge on any atom is 0.347 e. The molecule has 0 saturated carbocycles. The molecule has 1 heterocycles. The molecular weight excluding hydrogens is 274 g/mol. The Labute approximate surface area is 122 Å². The van der Waals surface area contributed by atoms with Gasteiger partial charge in [-0.25, -0.2) is 9.84 Å². The molecule has 0 aliphatic heterocycles. The van der Waals surface area contributed by atoms with Gasteiger partial charge in [-0.2, -0.15) is 0 Å². The number of rotatable bonds is 9. The van der Waals surface area contributed by atoms with Crippen LogP contribution in [0.15, 0.2) is 16.8 Å². The molecule has 0 amide bonds. The first-order valence-corrected chi connectivity index (χ1v) is 7.10. The molecule has 8 nitrogen and oxygen atoms in total. The first-order chi connectivity index (χ1) is 10.2. The zero-order valence-corrected chi connectivity index (χ0v) is 12.0. The Kier molecular flexibility index (Phi) is 5.44. The monoisotopic (exact) mass is 294 g/mol. The number of unbranched alkanes of at least 4 members (excludes halogenated alkanes) is 1. The Hall–Kier alpha value is -2.22. The third-order valence-corrected chi connectivity index (χ3v) is 3.15. The van der Waals surface area contributed by atoms with E-state index in [1.165, 1.54) is 18.9 Å². The second-order valence-corrected chi connectivity index (χ2v) is 4.75. The number of anilines is 1. The number of nitrogens with one attached hydrogen (secondary N) is 2. The van der Waals surface area contributed by atoms with Crippen LogP contribution < -0.4 is 10.6 Å². The fraction of sp³-hybridized carbons (Fsp3) is 0.538. The Balaban J connectivity index is 1.90. The van der Waals surface area contributed by atoms with Gasteiger partial charge in [-0.15, -0.1) is 0 Å². The van der Waals surface area contributed by atoms with Crippen molar-refractivity contribution in [2.24, 2.45) is 0 Å². The molecule has 0 radical (unpaired) electrons. The van der Waals surface area contributed by atoms with E-state index < -0.39 is 0 Å². The zero-order chi connectivity index (χ0) is 15.1. The maximum atomic E-state index is 11.0. The van der Waals surface area contributed by atoms with Gasteiger partial charge in [0.25, 0.3) is 4.92 Å². The number of aromatic nitrogens is 2. The molecule has 0 saturated heterocycles. The van der Waals surface area contributed by atoms with Gasteiger partial charge >= 0.3 is 5.69 Å². The van der Waals surface area contributed by atoms with Crippen molar-refractivity contribution in [1.29, 1.82) is 0 Å². The molecule has 1 aromatic carbocycles. The van der Waals surface area contributed by atoms with Gasteiger partial charge in [0, 0.05) is 12.6 Å². The van der Waals surface area contributed by atoms with E-state index in [1.807, 2.05) is 0 Å². The van der Waals surface area contributed by atoms with Gasteiger partial charge in [-0.3, -0.25) is 0 Å². The molecule has 3 N–H and O–H groups in total. The molecule has 21 heavy (non-hydrogen) atoms. The molecular formula is C13H20N5O3+. The van der Waals surface area contributed by atoms with E-state index in [0.29, 0.717) is 5.52 Å². The Morgan fingerprint density at radius 2 is 1.95 bits per heavy atom. The smallest absolute Gasteiger partial charge is 0.347 e. The second-order valence-electron chi connectivity index (χ2n) is 4.75. The van der Waals surface area contributed by atoms with Crippen molar-refractivity contribution in [3.8, 4) is 0 Å². The van der Waals surface area contributed by atoms with E-state index in [9.17, 15) is 4.91 Å². The molecule has 114 valence electrons. The summed E-state index contributed by atoms with van der Waals surface area (Å²) in [5, 5.41) is 23.0. The first kappa shape index (κ1) is 15.2. The molecule has 0 atom stereocenters. The summed E-state index contributed by atoms with van der Waals surface area (Å²) in [4.78, 5) is 10.7. The lowest BCUT2D eigenvalue weighted by molar-refractivity contribution is -0.728. The molecule has 8 heteroatoms. The summed E-state index contributed by atoms with van der Waals surface area (Å²) in [6, 6.07) is 3.15. The van der Waals surface area contributed by atoms with E-state index in [4.69, 9.17) is 5.21 Å². The molecule has 0 aliphatic carbocycles. The molecule has 2 aromatic rings. The van der Waals surface area contributed by atoms with Crippen LogP contribution in [0.2, 0.25) is 0 Å². The van der Waals surface area contributed by atoms with Crippen molar-refractivity contribution >= 4 is 22.4 Å². The molecule has 0 fully saturated rings.